The van der Waals surface area contributed by atoms with Crippen LogP contribution in [-0.4, -0.2) is 78.1 Å². The van der Waals surface area contributed by atoms with Gasteiger partial charge in [-0.1, -0.05) is 24.8 Å². The van der Waals surface area contributed by atoms with E-state index in [1.165, 1.54) is 29.2 Å². The Morgan fingerprint density at radius 1 is 1.13 bits per heavy atom. The maximum absolute atomic E-state index is 16.4. The zero-order valence-electron chi connectivity index (χ0n) is 25.3. The third-order valence-electron chi connectivity index (χ3n) is 8.95. The number of anilines is 4. The zero-order chi connectivity index (χ0) is 31.6. The maximum atomic E-state index is 16.4. The third kappa shape index (κ3) is 4.62. The summed E-state index contributed by atoms with van der Waals surface area (Å²) in [4.78, 5) is 42.5. The topological polar surface area (TPSA) is 93.6 Å². The van der Waals surface area contributed by atoms with Crippen molar-refractivity contribution < 1.29 is 23.1 Å². The van der Waals surface area contributed by atoms with Crippen molar-refractivity contribution in [1.82, 2.24) is 14.8 Å². The number of ether oxygens (including phenoxy) is 1. The number of aliphatic imine (C=N–C) groups is 1. The quantitative estimate of drug-likeness (QED) is 0.395. The Morgan fingerprint density at radius 2 is 1.93 bits per heavy atom. The number of benzene rings is 2. The molecule has 1 saturated heterocycles. The number of nitrogens with one attached hydrogen (secondary N) is 1. The SMILES string of the molecule is C=CC(=O)N1CCN(C2=NC3OC(C)c4cccc5c4N3c3nc(c(F)cc32)-c2c(F)cccc2N(C)C(=O)CCN5)[C@@H](C)C1. The van der Waals surface area contributed by atoms with Gasteiger partial charge in [0.15, 0.2) is 5.82 Å². The van der Waals surface area contributed by atoms with E-state index >= 15 is 8.78 Å². The molecule has 232 valence electrons. The number of pyridine rings is 1. The molecule has 2 amide bonds. The Hall–Kier alpha value is -4.84. The van der Waals surface area contributed by atoms with Crippen LogP contribution in [-0.2, 0) is 14.3 Å². The number of nitrogens with zero attached hydrogens (tertiary/aromatic N) is 6. The average molecular weight is 614 g/mol. The molecule has 2 aromatic carbocycles. The first-order valence-electron chi connectivity index (χ1n) is 15.0. The molecule has 1 aromatic heterocycles. The lowest BCUT2D eigenvalue weighted by atomic mass is 10.00. The minimum Gasteiger partial charge on any atom is -0.383 e. The fourth-order valence-corrected chi connectivity index (χ4v) is 6.67. The summed E-state index contributed by atoms with van der Waals surface area (Å²) in [5, 5.41) is 3.41. The van der Waals surface area contributed by atoms with E-state index < -0.39 is 18.0 Å². The number of amidine groups is 1. The van der Waals surface area contributed by atoms with Crippen molar-refractivity contribution in [2.24, 2.45) is 4.99 Å². The number of aromatic nitrogens is 1. The molecule has 4 aliphatic rings. The van der Waals surface area contributed by atoms with Crippen LogP contribution in [0, 0.1) is 11.6 Å². The number of amides is 2. The van der Waals surface area contributed by atoms with Crippen molar-refractivity contribution in [2.45, 2.75) is 38.8 Å². The highest BCUT2D eigenvalue weighted by Gasteiger charge is 2.43. The second kappa shape index (κ2) is 11.0. The van der Waals surface area contributed by atoms with E-state index in [2.05, 4.69) is 11.9 Å². The zero-order valence-corrected chi connectivity index (χ0v) is 25.3. The molecule has 12 heteroatoms. The molecule has 1 fully saturated rings. The van der Waals surface area contributed by atoms with Crippen LogP contribution >= 0.6 is 0 Å². The van der Waals surface area contributed by atoms with Crippen molar-refractivity contribution in [3.05, 3.63) is 77.9 Å². The number of halogens is 2. The smallest absolute Gasteiger partial charge is 0.246 e. The second-order valence-electron chi connectivity index (χ2n) is 11.7. The molecule has 3 aromatic rings. The highest BCUT2D eigenvalue weighted by atomic mass is 19.1. The van der Waals surface area contributed by atoms with Gasteiger partial charge in [0.25, 0.3) is 0 Å². The standard InChI is InChI=1S/C33H33F2N7O3/c1-5-26(43)40-14-15-41(18(2)17-40)31-21-16-23(35)29-28-22(34)9-7-11-25(28)39(4)27(44)12-13-36-24-10-6-8-20-19(3)45-33(38-31)42(30(20)24)32(21)37-29/h5-11,16,18-19,33,36H,1,12-15,17H2,2-4H3/t18-,19?,33?/m0/s1. The van der Waals surface area contributed by atoms with Gasteiger partial charge >= 0.3 is 0 Å². The van der Waals surface area contributed by atoms with E-state index in [0.29, 0.717) is 43.4 Å². The van der Waals surface area contributed by atoms with Gasteiger partial charge in [0, 0.05) is 51.3 Å². The van der Waals surface area contributed by atoms with Crippen molar-refractivity contribution in [2.75, 3.05) is 48.3 Å². The van der Waals surface area contributed by atoms with Crippen LogP contribution in [0.15, 0.2) is 60.1 Å². The molecule has 4 aliphatic heterocycles. The molecule has 0 aliphatic carbocycles. The van der Waals surface area contributed by atoms with E-state index in [9.17, 15) is 9.59 Å². The fraction of sp³-hybridized carbons (Fsp3) is 0.333. The molecule has 2 unspecified atom stereocenters. The van der Waals surface area contributed by atoms with Crippen molar-refractivity contribution in [3.8, 4) is 11.3 Å². The summed E-state index contributed by atoms with van der Waals surface area (Å²) in [5.41, 5.74) is 2.66. The fourth-order valence-electron chi connectivity index (χ4n) is 6.67. The number of carbonyl (C=O) groups is 2. The number of carbonyl (C=O) groups excluding carboxylic acids is 2. The maximum Gasteiger partial charge on any atom is 0.246 e. The van der Waals surface area contributed by atoms with Gasteiger partial charge in [-0.05, 0) is 44.2 Å². The van der Waals surface area contributed by atoms with Crippen LogP contribution in [0.25, 0.3) is 11.3 Å². The summed E-state index contributed by atoms with van der Waals surface area (Å²) in [6.45, 7) is 9.13. The Kier molecular flexibility index (Phi) is 7.03. The minimum atomic E-state index is -0.863. The van der Waals surface area contributed by atoms with Gasteiger partial charge in [0.05, 0.1) is 34.3 Å². The number of hydrogen-bond donors (Lipinski definition) is 1. The monoisotopic (exact) mass is 613 g/mol. The van der Waals surface area contributed by atoms with Gasteiger partial charge in [-0.3, -0.25) is 14.5 Å². The predicted octanol–water partition coefficient (Wildman–Crippen LogP) is 4.80. The van der Waals surface area contributed by atoms with Crippen LogP contribution in [0.1, 0.15) is 37.5 Å². The molecular formula is C33H33F2N7O3. The van der Waals surface area contributed by atoms with E-state index in [0.717, 1.165) is 16.9 Å². The molecule has 7 rings (SSSR count). The molecule has 3 atom stereocenters. The number of rotatable bonds is 1. The van der Waals surface area contributed by atoms with Crippen LogP contribution in [0.5, 0.6) is 0 Å². The first-order valence-corrected chi connectivity index (χ1v) is 15.0. The number of hydrogen-bond acceptors (Lipinski definition) is 8. The Labute approximate surface area is 259 Å². The highest BCUT2D eigenvalue weighted by molar-refractivity contribution is 6.07. The largest absolute Gasteiger partial charge is 0.383 e. The lowest BCUT2D eigenvalue weighted by Crippen LogP contribution is -2.57. The summed E-state index contributed by atoms with van der Waals surface area (Å²) < 4.78 is 38.5. The molecule has 2 bridgehead atoms. The Morgan fingerprint density at radius 3 is 2.71 bits per heavy atom. The van der Waals surface area contributed by atoms with Crippen molar-refractivity contribution in [1.29, 1.82) is 0 Å². The van der Waals surface area contributed by atoms with E-state index in [1.807, 2.05) is 41.8 Å². The van der Waals surface area contributed by atoms with E-state index in [1.54, 1.807) is 18.0 Å². The second-order valence-corrected chi connectivity index (χ2v) is 11.7. The Bertz CT molecular complexity index is 1780. The molecule has 45 heavy (non-hydrogen) atoms. The molecule has 10 nitrogen and oxygen atoms in total. The predicted molar refractivity (Wildman–Crippen MR) is 167 cm³/mol. The van der Waals surface area contributed by atoms with Gasteiger partial charge in [-0.25, -0.2) is 18.8 Å². The number of para-hydroxylation sites is 1. The van der Waals surface area contributed by atoms with Gasteiger partial charge < -0.3 is 24.8 Å². The number of piperazine rings is 1. The first-order chi connectivity index (χ1) is 21.7. The van der Waals surface area contributed by atoms with Gasteiger partial charge in [-0.15, -0.1) is 0 Å². The highest BCUT2D eigenvalue weighted by Crippen LogP contribution is 2.49. The van der Waals surface area contributed by atoms with E-state index in [4.69, 9.17) is 14.7 Å². The van der Waals surface area contributed by atoms with Crippen molar-refractivity contribution in [3.63, 3.8) is 0 Å². The lowest BCUT2D eigenvalue weighted by molar-refractivity contribution is -0.128. The molecule has 0 spiro atoms. The summed E-state index contributed by atoms with van der Waals surface area (Å²) >= 11 is 0. The molecule has 0 radical (unpaired) electrons. The summed E-state index contributed by atoms with van der Waals surface area (Å²) in [6, 6.07) is 11.3. The van der Waals surface area contributed by atoms with Gasteiger partial charge in [0.2, 0.25) is 18.2 Å². The van der Waals surface area contributed by atoms with Gasteiger partial charge in [0.1, 0.15) is 23.2 Å². The minimum absolute atomic E-state index is 0.105. The van der Waals surface area contributed by atoms with Crippen molar-refractivity contribution >= 4 is 40.5 Å². The van der Waals surface area contributed by atoms with Crippen LogP contribution in [0.2, 0.25) is 0 Å². The summed E-state index contributed by atoms with van der Waals surface area (Å²) in [6.07, 6.45) is 0.201. The van der Waals surface area contributed by atoms with Gasteiger partial charge in [-0.2, -0.15) is 0 Å². The summed E-state index contributed by atoms with van der Waals surface area (Å²) in [5.74, 6) is -1.04. The molecular weight excluding hydrogens is 580 g/mol. The lowest BCUT2D eigenvalue weighted by Gasteiger charge is -2.46. The average Bonchev–Trinajstić information content (AvgIpc) is 3.03. The van der Waals surface area contributed by atoms with Crippen LogP contribution in [0.3, 0.4) is 0 Å². The van der Waals surface area contributed by atoms with Crippen LogP contribution in [0.4, 0.5) is 31.7 Å². The molecule has 5 heterocycles. The number of fused-ring (bicyclic) bond motifs is 3. The van der Waals surface area contributed by atoms with E-state index in [-0.39, 0.29) is 47.3 Å². The molecule has 1 N–H and O–H groups in total. The summed E-state index contributed by atoms with van der Waals surface area (Å²) in [7, 11) is 1.55. The Balaban J connectivity index is 1.47. The first kappa shape index (κ1) is 28.9. The normalized spacial score (nSPS) is 22.4. The molecule has 0 saturated carbocycles. The third-order valence-corrected chi connectivity index (χ3v) is 8.95. The van der Waals surface area contributed by atoms with Crippen LogP contribution < -0.4 is 15.1 Å².